The van der Waals surface area contributed by atoms with Crippen molar-refractivity contribution in [3.8, 4) is 0 Å². The molecule has 0 aromatic heterocycles. The summed E-state index contributed by atoms with van der Waals surface area (Å²) < 4.78 is 0. The molecule has 1 aromatic rings. The fourth-order valence-electron chi connectivity index (χ4n) is 2.33. The molecular weight excluding hydrogens is 194 g/mol. The number of benzene rings is 1. The molecule has 0 saturated heterocycles. The lowest BCUT2D eigenvalue weighted by molar-refractivity contribution is 0.681. The summed E-state index contributed by atoms with van der Waals surface area (Å²) >= 11 is 0. The van der Waals surface area contributed by atoms with Gasteiger partial charge in [-0.05, 0) is 49.3 Å². The molecule has 0 aliphatic heterocycles. The molecule has 0 amide bonds. The van der Waals surface area contributed by atoms with Gasteiger partial charge in [-0.3, -0.25) is 0 Å². The van der Waals surface area contributed by atoms with Gasteiger partial charge in [0, 0.05) is 11.3 Å². The summed E-state index contributed by atoms with van der Waals surface area (Å²) in [6, 6.07) is 8.29. The van der Waals surface area contributed by atoms with Gasteiger partial charge in [0.25, 0.3) is 0 Å². The van der Waals surface area contributed by atoms with E-state index in [-0.39, 0.29) is 0 Å². The first kappa shape index (κ1) is 11.0. The van der Waals surface area contributed by atoms with Crippen LogP contribution in [0.3, 0.4) is 0 Å². The van der Waals surface area contributed by atoms with Gasteiger partial charge in [-0.2, -0.15) is 0 Å². The van der Waals surface area contributed by atoms with Crippen molar-refractivity contribution < 1.29 is 0 Å². The molecule has 1 nitrogen and oxygen atoms in total. The Morgan fingerprint density at radius 3 is 2.56 bits per heavy atom. The number of rotatable bonds is 1. The van der Waals surface area contributed by atoms with Crippen molar-refractivity contribution in [1.29, 1.82) is 0 Å². The molecular formula is C15H19N. The molecule has 0 atom stereocenters. The second-order valence-corrected chi connectivity index (χ2v) is 4.52. The van der Waals surface area contributed by atoms with Crippen molar-refractivity contribution in [3.05, 3.63) is 53.1 Å². The summed E-state index contributed by atoms with van der Waals surface area (Å²) in [5, 5.41) is 0. The monoisotopic (exact) mass is 213 g/mol. The van der Waals surface area contributed by atoms with E-state index >= 15 is 0 Å². The molecule has 0 unspecified atom stereocenters. The average Bonchev–Trinajstić information content (AvgIpc) is 2.29. The summed E-state index contributed by atoms with van der Waals surface area (Å²) in [6.07, 6.45) is 4.67. The van der Waals surface area contributed by atoms with Gasteiger partial charge in [-0.25, -0.2) is 0 Å². The lowest BCUT2D eigenvalue weighted by Crippen LogP contribution is -2.08. The van der Waals surface area contributed by atoms with Crippen molar-refractivity contribution in [2.24, 2.45) is 5.73 Å². The summed E-state index contributed by atoms with van der Waals surface area (Å²) in [5.74, 6) is 0. The Hall–Kier alpha value is -1.50. The number of hydrogen-bond acceptors (Lipinski definition) is 1. The molecule has 2 N–H and O–H groups in total. The zero-order valence-electron chi connectivity index (χ0n) is 9.92. The largest absolute Gasteiger partial charge is 0.398 e. The van der Waals surface area contributed by atoms with E-state index in [2.05, 4.69) is 25.6 Å². The van der Waals surface area contributed by atoms with Crippen molar-refractivity contribution in [1.82, 2.24) is 0 Å². The molecule has 1 aliphatic carbocycles. The Labute approximate surface area is 97.7 Å². The van der Waals surface area contributed by atoms with Gasteiger partial charge in [-0.1, -0.05) is 30.8 Å². The van der Waals surface area contributed by atoms with Gasteiger partial charge < -0.3 is 5.73 Å². The fraction of sp³-hybridized carbons (Fsp3) is 0.333. The summed E-state index contributed by atoms with van der Waals surface area (Å²) in [6.45, 7) is 6.24. The van der Waals surface area contributed by atoms with E-state index in [1.165, 1.54) is 35.1 Å². The van der Waals surface area contributed by atoms with Crippen molar-refractivity contribution in [2.45, 2.75) is 32.6 Å². The maximum atomic E-state index is 6.28. The Bertz CT molecular complexity index is 441. The Morgan fingerprint density at radius 1 is 1.19 bits per heavy atom. The van der Waals surface area contributed by atoms with Gasteiger partial charge >= 0.3 is 0 Å². The Kier molecular flexibility index (Phi) is 3.14. The average molecular weight is 213 g/mol. The molecule has 1 saturated carbocycles. The maximum absolute atomic E-state index is 6.28. The molecule has 84 valence electrons. The minimum Gasteiger partial charge on any atom is -0.398 e. The van der Waals surface area contributed by atoms with Crippen molar-refractivity contribution >= 4 is 5.70 Å². The maximum Gasteiger partial charge on any atom is 0.0425 e. The SMILES string of the molecule is C=C1CCCC/C1=C(\N)c1ccccc1C. The molecule has 1 aromatic carbocycles. The van der Waals surface area contributed by atoms with Crippen LogP contribution in [-0.2, 0) is 0 Å². The molecule has 1 aliphatic rings. The highest BCUT2D eigenvalue weighted by molar-refractivity contribution is 5.71. The van der Waals surface area contributed by atoms with E-state index in [9.17, 15) is 0 Å². The topological polar surface area (TPSA) is 26.0 Å². The zero-order chi connectivity index (χ0) is 11.5. The predicted octanol–water partition coefficient (Wildman–Crippen LogP) is 3.80. The molecule has 0 bridgehead atoms. The van der Waals surface area contributed by atoms with Gasteiger partial charge in [0.1, 0.15) is 0 Å². The van der Waals surface area contributed by atoms with Crippen LogP contribution < -0.4 is 5.73 Å². The minimum atomic E-state index is 0.933. The molecule has 0 spiro atoms. The van der Waals surface area contributed by atoms with Crippen LogP contribution in [0.5, 0.6) is 0 Å². The molecule has 16 heavy (non-hydrogen) atoms. The highest BCUT2D eigenvalue weighted by Crippen LogP contribution is 2.32. The lowest BCUT2D eigenvalue weighted by atomic mass is 9.87. The summed E-state index contributed by atoms with van der Waals surface area (Å²) in [7, 11) is 0. The predicted molar refractivity (Wildman–Crippen MR) is 69.9 cm³/mol. The Morgan fingerprint density at radius 2 is 1.88 bits per heavy atom. The molecule has 1 heteroatoms. The van der Waals surface area contributed by atoms with E-state index in [0.29, 0.717) is 0 Å². The number of nitrogens with two attached hydrogens (primary N) is 1. The van der Waals surface area contributed by atoms with E-state index in [4.69, 9.17) is 5.73 Å². The first-order valence-corrected chi connectivity index (χ1v) is 5.93. The van der Waals surface area contributed by atoms with E-state index < -0.39 is 0 Å². The van der Waals surface area contributed by atoms with Crippen LogP contribution in [0, 0.1) is 6.92 Å². The molecule has 0 heterocycles. The van der Waals surface area contributed by atoms with E-state index in [1.54, 1.807) is 0 Å². The zero-order valence-corrected chi connectivity index (χ0v) is 9.92. The number of aryl methyl sites for hydroxylation is 1. The lowest BCUT2D eigenvalue weighted by Gasteiger charge is -2.20. The first-order chi connectivity index (χ1) is 7.70. The second-order valence-electron chi connectivity index (χ2n) is 4.52. The smallest absolute Gasteiger partial charge is 0.0425 e. The van der Waals surface area contributed by atoms with Crippen LogP contribution in [0.15, 0.2) is 42.0 Å². The van der Waals surface area contributed by atoms with Gasteiger partial charge in [0.2, 0.25) is 0 Å². The first-order valence-electron chi connectivity index (χ1n) is 5.93. The summed E-state index contributed by atoms with van der Waals surface area (Å²) in [5.41, 5.74) is 12.1. The summed E-state index contributed by atoms with van der Waals surface area (Å²) in [4.78, 5) is 0. The van der Waals surface area contributed by atoms with Crippen LogP contribution in [0.2, 0.25) is 0 Å². The molecule has 1 fully saturated rings. The van der Waals surface area contributed by atoms with Crippen molar-refractivity contribution in [2.75, 3.05) is 0 Å². The fourth-order valence-corrected chi connectivity index (χ4v) is 2.33. The third kappa shape index (κ3) is 2.04. The van der Waals surface area contributed by atoms with E-state index in [1.807, 2.05) is 12.1 Å². The van der Waals surface area contributed by atoms with Crippen molar-refractivity contribution in [3.63, 3.8) is 0 Å². The molecule has 2 rings (SSSR count). The standard InChI is InChI=1S/C15H19N/c1-11-7-3-5-9-13(11)15(16)14-10-6-4-8-12(14)2/h4,6,8,10H,1,3,5,7,9,16H2,2H3/b15-13+. The van der Waals surface area contributed by atoms with Crippen LogP contribution >= 0.6 is 0 Å². The number of hydrogen-bond donors (Lipinski definition) is 1. The minimum absolute atomic E-state index is 0.933. The van der Waals surface area contributed by atoms with E-state index in [0.717, 1.165) is 18.5 Å². The third-order valence-corrected chi connectivity index (χ3v) is 3.34. The molecule has 0 radical (unpaired) electrons. The Balaban J connectivity index is 2.43. The second kappa shape index (κ2) is 4.56. The number of allylic oxidation sites excluding steroid dienone is 2. The quantitative estimate of drug-likeness (QED) is 0.754. The van der Waals surface area contributed by atoms with Gasteiger partial charge in [-0.15, -0.1) is 0 Å². The van der Waals surface area contributed by atoms with Crippen LogP contribution in [0.1, 0.15) is 36.8 Å². The highest BCUT2D eigenvalue weighted by atomic mass is 14.6. The van der Waals surface area contributed by atoms with Gasteiger partial charge in [0.05, 0.1) is 0 Å². The van der Waals surface area contributed by atoms with Crippen LogP contribution in [0.25, 0.3) is 5.70 Å². The van der Waals surface area contributed by atoms with Crippen LogP contribution in [-0.4, -0.2) is 0 Å². The third-order valence-electron chi connectivity index (χ3n) is 3.34. The normalized spacial score (nSPS) is 19.7. The van der Waals surface area contributed by atoms with Crippen LogP contribution in [0.4, 0.5) is 0 Å². The highest BCUT2D eigenvalue weighted by Gasteiger charge is 2.14. The van der Waals surface area contributed by atoms with Gasteiger partial charge in [0.15, 0.2) is 0 Å².